The van der Waals surface area contributed by atoms with Gasteiger partial charge in [0.2, 0.25) is 0 Å². The molecule has 1 atom stereocenters. The van der Waals surface area contributed by atoms with Gasteiger partial charge in [0.15, 0.2) is 5.60 Å². The Morgan fingerprint density at radius 3 is 1.94 bits per heavy atom. The van der Waals surface area contributed by atoms with E-state index in [0.29, 0.717) is 13.0 Å². The first-order chi connectivity index (χ1) is 8.06. The summed E-state index contributed by atoms with van der Waals surface area (Å²) in [7, 11) is 0. The minimum atomic E-state index is -1.21. The van der Waals surface area contributed by atoms with E-state index in [1.807, 2.05) is 0 Å². The highest BCUT2D eigenvalue weighted by Gasteiger charge is 2.41. The molecule has 0 saturated carbocycles. The molecule has 0 saturated heterocycles. The van der Waals surface area contributed by atoms with Gasteiger partial charge >= 0.3 is 11.9 Å². The van der Waals surface area contributed by atoms with Crippen molar-refractivity contribution in [3.05, 3.63) is 0 Å². The fourth-order valence-electron chi connectivity index (χ4n) is 1.54. The lowest BCUT2D eigenvalue weighted by Crippen LogP contribution is -2.44. The molecule has 0 N–H and O–H groups in total. The van der Waals surface area contributed by atoms with Crippen LogP contribution < -0.4 is 0 Å². The largest absolute Gasteiger partial charge is 0.466 e. The van der Waals surface area contributed by atoms with Crippen LogP contribution >= 0.6 is 0 Å². The molecule has 0 amide bonds. The zero-order chi connectivity index (χ0) is 13.3. The highest BCUT2D eigenvalue weighted by Crippen LogP contribution is 2.23. The van der Waals surface area contributed by atoms with Crippen molar-refractivity contribution in [2.45, 2.75) is 46.1 Å². The van der Waals surface area contributed by atoms with Crippen molar-refractivity contribution in [2.24, 2.45) is 0 Å². The Labute approximate surface area is 102 Å². The Balaban J connectivity index is 4.80. The summed E-state index contributed by atoms with van der Waals surface area (Å²) in [6.07, 6.45) is 0.266. The second-order valence-corrected chi connectivity index (χ2v) is 3.48. The van der Waals surface area contributed by atoms with Crippen molar-refractivity contribution in [3.63, 3.8) is 0 Å². The van der Waals surface area contributed by atoms with Gasteiger partial charge in [0.05, 0.1) is 19.6 Å². The summed E-state index contributed by atoms with van der Waals surface area (Å²) in [6, 6.07) is 0. The van der Waals surface area contributed by atoms with E-state index in [0.717, 1.165) is 0 Å². The molecular formula is C12H22O5. The average molecular weight is 246 g/mol. The van der Waals surface area contributed by atoms with E-state index in [1.54, 1.807) is 27.7 Å². The van der Waals surface area contributed by atoms with E-state index in [4.69, 9.17) is 14.2 Å². The average Bonchev–Trinajstić information content (AvgIpc) is 2.29. The molecule has 0 aliphatic heterocycles. The van der Waals surface area contributed by atoms with Crippen LogP contribution in [0.25, 0.3) is 0 Å². The molecule has 0 spiro atoms. The summed E-state index contributed by atoms with van der Waals surface area (Å²) in [6.45, 7) is 7.88. The van der Waals surface area contributed by atoms with Crippen LogP contribution in [0.5, 0.6) is 0 Å². The first-order valence-electron chi connectivity index (χ1n) is 6.03. The van der Waals surface area contributed by atoms with E-state index >= 15 is 0 Å². The van der Waals surface area contributed by atoms with Crippen LogP contribution in [-0.2, 0) is 23.8 Å². The maximum atomic E-state index is 11.9. The van der Waals surface area contributed by atoms with E-state index < -0.39 is 17.5 Å². The van der Waals surface area contributed by atoms with Crippen LogP contribution in [0.4, 0.5) is 0 Å². The van der Waals surface area contributed by atoms with E-state index in [-0.39, 0.29) is 19.6 Å². The van der Waals surface area contributed by atoms with Crippen molar-refractivity contribution in [3.8, 4) is 0 Å². The normalized spacial score (nSPS) is 13.9. The zero-order valence-electron chi connectivity index (χ0n) is 11.1. The number of carbonyl (C=O) groups is 2. The fraction of sp³-hybridized carbons (Fsp3) is 0.833. The molecule has 0 rings (SSSR count). The third-order valence-corrected chi connectivity index (χ3v) is 2.37. The Morgan fingerprint density at radius 2 is 1.53 bits per heavy atom. The summed E-state index contributed by atoms with van der Waals surface area (Å²) in [5.74, 6) is -0.951. The first-order valence-corrected chi connectivity index (χ1v) is 6.03. The Morgan fingerprint density at radius 1 is 0.941 bits per heavy atom. The lowest BCUT2D eigenvalue weighted by Gasteiger charge is -2.29. The monoisotopic (exact) mass is 246 g/mol. The Kier molecular flexibility index (Phi) is 7.54. The van der Waals surface area contributed by atoms with E-state index in [2.05, 4.69) is 0 Å². The molecule has 0 aliphatic carbocycles. The lowest BCUT2D eigenvalue weighted by molar-refractivity contribution is -0.179. The number of rotatable bonds is 8. The second kappa shape index (κ2) is 8.06. The molecule has 1 unspecified atom stereocenters. The number of ether oxygens (including phenoxy) is 3. The molecule has 0 aliphatic rings. The van der Waals surface area contributed by atoms with Gasteiger partial charge in [0.1, 0.15) is 0 Å². The van der Waals surface area contributed by atoms with Crippen LogP contribution in [0.1, 0.15) is 40.5 Å². The van der Waals surface area contributed by atoms with E-state index in [1.165, 1.54) is 0 Å². The zero-order valence-corrected chi connectivity index (χ0v) is 11.1. The van der Waals surface area contributed by atoms with Crippen molar-refractivity contribution >= 4 is 11.9 Å². The van der Waals surface area contributed by atoms with Crippen molar-refractivity contribution in [2.75, 3.05) is 19.8 Å². The first kappa shape index (κ1) is 15.9. The molecule has 0 fully saturated rings. The molecular weight excluding hydrogens is 224 g/mol. The number of esters is 2. The van der Waals surface area contributed by atoms with Gasteiger partial charge < -0.3 is 14.2 Å². The van der Waals surface area contributed by atoms with Crippen LogP contribution in [-0.4, -0.2) is 37.4 Å². The van der Waals surface area contributed by atoms with Crippen LogP contribution in [0, 0.1) is 0 Å². The smallest absolute Gasteiger partial charge is 0.338 e. The van der Waals surface area contributed by atoms with Crippen molar-refractivity contribution < 1.29 is 23.8 Å². The van der Waals surface area contributed by atoms with Crippen LogP contribution in [0.3, 0.4) is 0 Å². The number of hydrogen-bond acceptors (Lipinski definition) is 5. The highest BCUT2D eigenvalue weighted by atomic mass is 16.6. The molecule has 0 heterocycles. The number of carbonyl (C=O) groups excluding carboxylic acids is 2. The molecule has 0 radical (unpaired) electrons. The molecule has 17 heavy (non-hydrogen) atoms. The second-order valence-electron chi connectivity index (χ2n) is 3.48. The summed E-state index contributed by atoms with van der Waals surface area (Å²) in [5.41, 5.74) is -1.21. The number of hydrogen-bond donors (Lipinski definition) is 0. The molecule has 0 bridgehead atoms. The van der Waals surface area contributed by atoms with Gasteiger partial charge in [-0.25, -0.2) is 4.79 Å². The molecule has 5 heteroatoms. The van der Waals surface area contributed by atoms with Gasteiger partial charge in [0, 0.05) is 6.61 Å². The van der Waals surface area contributed by atoms with E-state index in [9.17, 15) is 9.59 Å². The van der Waals surface area contributed by atoms with Gasteiger partial charge in [0.25, 0.3) is 0 Å². The quantitative estimate of drug-likeness (QED) is 0.610. The standard InChI is InChI=1S/C12H22O5/c1-5-12(17-8-4,11(14)16-7-3)9-10(13)15-6-2/h5-9H2,1-4H3. The highest BCUT2D eigenvalue weighted by molar-refractivity contribution is 5.85. The third-order valence-electron chi connectivity index (χ3n) is 2.37. The summed E-state index contributed by atoms with van der Waals surface area (Å²) < 4.78 is 15.2. The van der Waals surface area contributed by atoms with Gasteiger partial charge in [-0.1, -0.05) is 6.92 Å². The minimum Gasteiger partial charge on any atom is -0.466 e. The summed E-state index contributed by atoms with van der Waals surface area (Å²) in [5, 5.41) is 0. The third kappa shape index (κ3) is 4.73. The summed E-state index contributed by atoms with van der Waals surface area (Å²) >= 11 is 0. The van der Waals surface area contributed by atoms with Crippen LogP contribution in [0.15, 0.2) is 0 Å². The van der Waals surface area contributed by atoms with Crippen molar-refractivity contribution in [1.82, 2.24) is 0 Å². The van der Waals surface area contributed by atoms with Crippen LogP contribution in [0.2, 0.25) is 0 Å². The molecule has 0 aromatic carbocycles. The summed E-state index contributed by atoms with van der Waals surface area (Å²) in [4.78, 5) is 23.4. The molecule has 100 valence electrons. The Hall–Kier alpha value is -1.10. The predicted octanol–water partition coefficient (Wildman–Crippen LogP) is 1.69. The lowest BCUT2D eigenvalue weighted by atomic mass is 9.96. The molecule has 0 aromatic rings. The van der Waals surface area contributed by atoms with Gasteiger partial charge in [-0.2, -0.15) is 0 Å². The molecule has 0 aromatic heterocycles. The fourth-order valence-corrected chi connectivity index (χ4v) is 1.54. The predicted molar refractivity (Wildman–Crippen MR) is 62.5 cm³/mol. The SMILES string of the molecule is CCOC(=O)CC(CC)(OCC)C(=O)OCC. The maximum Gasteiger partial charge on any atom is 0.338 e. The van der Waals surface area contributed by atoms with Gasteiger partial charge in [-0.3, -0.25) is 4.79 Å². The minimum absolute atomic E-state index is 0.107. The van der Waals surface area contributed by atoms with Crippen molar-refractivity contribution in [1.29, 1.82) is 0 Å². The maximum absolute atomic E-state index is 11.9. The topological polar surface area (TPSA) is 61.8 Å². The van der Waals surface area contributed by atoms with Gasteiger partial charge in [-0.05, 0) is 27.2 Å². The van der Waals surface area contributed by atoms with Gasteiger partial charge in [-0.15, -0.1) is 0 Å². The molecule has 5 nitrogen and oxygen atoms in total. The Bertz CT molecular complexity index is 251.